The fourth-order valence-electron chi connectivity index (χ4n) is 2.08. The number of benzene rings is 1. The number of hydrogen-bond donors (Lipinski definition) is 3. The fraction of sp³-hybridized carbons (Fsp3) is 0. The number of fused-ring (bicyclic) bond motifs is 1. The summed E-state index contributed by atoms with van der Waals surface area (Å²) in [6.07, 6.45) is 5.05. The lowest BCUT2D eigenvalue weighted by molar-refractivity contribution is 0.425. The van der Waals surface area contributed by atoms with Crippen molar-refractivity contribution in [3.8, 4) is 11.1 Å². The van der Waals surface area contributed by atoms with Crippen molar-refractivity contribution in [1.82, 2.24) is 9.97 Å². The number of nitrogens with zero attached hydrogens (tertiary/aromatic N) is 1. The summed E-state index contributed by atoms with van der Waals surface area (Å²) in [4.78, 5) is 7.19. The molecule has 0 aliphatic heterocycles. The summed E-state index contributed by atoms with van der Waals surface area (Å²) in [6.45, 7) is 0. The van der Waals surface area contributed by atoms with Crippen molar-refractivity contribution in [2.24, 2.45) is 0 Å². The summed E-state index contributed by atoms with van der Waals surface area (Å²) >= 11 is 0. The van der Waals surface area contributed by atoms with E-state index in [1.165, 1.54) is 6.20 Å². The van der Waals surface area contributed by atoms with Crippen LogP contribution in [0.1, 0.15) is 0 Å². The average molecular weight is 238 g/mol. The summed E-state index contributed by atoms with van der Waals surface area (Å²) in [5.41, 5.74) is 3.32. The Balaban J connectivity index is 2.20. The Morgan fingerprint density at radius 3 is 2.83 bits per heavy atom. The molecule has 3 aromatic rings. The Morgan fingerprint density at radius 2 is 2.00 bits per heavy atom. The molecule has 0 amide bonds. The zero-order valence-electron chi connectivity index (χ0n) is 9.54. The minimum Gasteiger partial charge on any atom is -0.423 e. The van der Waals surface area contributed by atoms with Crippen molar-refractivity contribution in [2.45, 2.75) is 0 Å². The molecule has 0 radical (unpaired) electrons. The summed E-state index contributed by atoms with van der Waals surface area (Å²) < 4.78 is 0. The van der Waals surface area contributed by atoms with Crippen molar-refractivity contribution < 1.29 is 10.0 Å². The van der Waals surface area contributed by atoms with Crippen LogP contribution in [-0.2, 0) is 0 Å². The van der Waals surface area contributed by atoms with Crippen LogP contribution in [0.15, 0.2) is 48.9 Å². The zero-order valence-corrected chi connectivity index (χ0v) is 9.54. The maximum atomic E-state index is 9.18. The summed E-state index contributed by atoms with van der Waals surface area (Å²) in [6, 6.07) is 9.67. The van der Waals surface area contributed by atoms with Crippen LogP contribution >= 0.6 is 0 Å². The van der Waals surface area contributed by atoms with E-state index in [2.05, 4.69) is 9.97 Å². The molecule has 0 aliphatic rings. The van der Waals surface area contributed by atoms with E-state index >= 15 is 0 Å². The van der Waals surface area contributed by atoms with Crippen molar-refractivity contribution in [1.29, 1.82) is 0 Å². The monoisotopic (exact) mass is 238 g/mol. The van der Waals surface area contributed by atoms with E-state index in [4.69, 9.17) is 0 Å². The smallest absolute Gasteiger partial charge is 0.423 e. The van der Waals surface area contributed by atoms with Gasteiger partial charge in [-0.25, -0.2) is 0 Å². The zero-order chi connectivity index (χ0) is 12.5. The molecule has 0 spiro atoms. The molecule has 0 saturated heterocycles. The van der Waals surface area contributed by atoms with Gasteiger partial charge in [0.2, 0.25) is 0 Å². The van der Waals surface area contributed by atoms with Gasteiger partial charge in [-0.3, -0.25) is 4.98 Å². The van der Waals surface area contributed by atoms with Gasteiger partial charge in [0.15, 0.2) is 0 Å². The van der Waals surface area contributed by atoms with Crippen LogP contribution in [0.4, 0.5) is 0 Å². The highest BCUT2D eigenvalue weighted by Gasteiger charge is 2.13. The van der Waals surface area contributed by atoms with E-state index in [1.54, 1.807) is 12.3 Å². The van der Waals surface area contributed by atoms with Gasteiger partial charge in [-0.2, -0.15) is 0 Å². The third kappa shape index (κ3) is 1.79. The van der Waals surface area contributed by atoms with Gasteiger partial charge in [0.05, 0.1) is 0 Å². The Morgan fingerprint density at radius 1 is 1.11 bits per heavy atom. The Kier molecular flexibility index (Phi) is 2.62. The molecule has 3 N–H and O–H groups in total. The second kappa shape index (κ2) is 4.29. The van der Waals surface area contributed by atoms with Gasteiger partial charge >= 0.3 is 7.12 Å². The number of aromatic nitrogens is 2. The SMILES string of the molecule is OB(O)c1cncc(-c2cccc3[nH]ccc23)c1. The molecule has 0 fully saturated rings. The van der Waals surface area contributed by atoms with Gasteiger partial charge in [0.1, 0.15) is 0 Å². The highest BCUT2D eigenvalue weighted by atomic mass is 16.4. The molecule has 2 heterocycles. The molecule has 0 aliphatic carbocycles. The van der Waals surface area contributed by atoms with Crippen LogP contribution in [0.3, 0.4) is 0 Å². The van der Waals surface area contributed by atoms with Gasteiger partial charge in [0.25, 0.3) is 0 Å². The summed E-state index contributed by atoms with van der Waals surface area (Å²) in [7, 11) is -1.50. The van der Waals surface area contributed by atoms with Crippen molar-refractivity contribution >= 4 is 23.5 Å². The normalized spacial score (nSPS) is 10.8. The van der Waals surface area contributed by atoms with Crippen LogP contribution in [0, 0.1) is 0 Å². The maximum absolute atomic E-state index is 9.18. The van der Waals surface area contributed by atoms with Crippen LogP contribution in [0.2, 0.25) is 0 Å². The third-order valence-electron chi connectivity index (χ3n) is 2.96. The second-order valence-corrected chi connectivity index (χ2v) is 4.13. The first kappa shape index (κ1) is 11.0. The van der Waals surface area contributed by atoms with E-state index in [0.29, 0.717) is 5.46 Å². The van der Waals surface area contributed by atoms with Crippen molar-refractivity contribution in [2.75, 3.05) is 0 Å². The van der Waals surface area contributed by atoms with E-state index < -0.39 is 7.12 Å². The van der Waals surface area contributed by atoms with Crippen LogP contribution in [-0.4, -0.2) is 27.1 Å². The lowest BCUT2D eigenvalue weighted by Crippen LogP contribution is -2.30. The minimum atomic E-state index is -1.50. The fourth-order valence-corrected chi connectivity index (χ4v) is 2.08. The standard InChI is InChI=1S/C13H11BN2O2/c17-14(18)10-6-9(7-15-8-10)11-2-1-3-13-12(11)4-5-16-13/h1-8,16-18H. The molecule has 1 aromatic carbocycles. The molecule has 0 bridgehead atoms. The maximum Gasteiger partial charge on any atom is 0.490 e. The highest BCUT2D eigenvalue weighted by Crippen LogP contribution is 2.26. The number of H-pyrrole nitrogens is 1. The van der Waals surface area contributed by atoms with Crippen LogP contribution in [0.25, 0.3) is 22.0 Å². The predicted molar refractivity (Wildman–Crippen MR) is 71.4 cm³/mol. The average Bonchev–Trinajstić information content (AvgIpc) is 2.87. The van der Waals surface area contributed by atoms with Crippen LogP contribution < -0.4 is 5.46 Å². The highest BCUT2D eigenvalue weighted by molar-refractivity contribution is 6.58. The molecule has 0 saturated carbocycles. The van der Waals surface area contributed by atoms with Crippen LogP contribution in [0.5, 0.6) is 0 Å². The van der Waals surface area contributed by atoms with Gasteiger partial charge in [0, 0.05) is 40.5 Å². The first-order chi connectivity index (χ1) is 8.75. The Labute approximate surface area is 104 Å². The molecule has 0 unspecified atom stereocenters. The number of pyridine rings is 1. The van der Waals surface area contributed by atoms with E-state index in [9.17, 15) is 10.0 Å². The third-order valence-corrected chi connectivity index (χ3v) is 2.96. The molecule has 88 valence electrons. The minimum absolute atomic E-state index is 0.389. The van der Waals surface area contributed by atoms with Crippen molar-refractivity contribution in [3.05, 3.63) is 48.9 Å². The number of aromatic amines is 1. The van der Waals surface area contributed by atoms with E-state index in [0.717, 1.165) is 22.0 Å². The number of nitrogens with one attached hydrogen (secondary N) is 1. The molecular weight excluding hydrogens is 227 g/mol. The summed E-state index contributed by atoms with van der Waals surface area (Å²) in [5, 5.41) is 19.4. The molecule has 3 rings (SSSR count). The predicted octanol–water partition coefficient (Wildman–Crippen LogP) is 0.910. The van der Waals surface area contributed by atoms with Crippen molar-refractivity contribution in [3.63, 3.8) is 0 Å². The Bertz CT molecular complexity index is 694. The molecule has 5 heteroatoms. The van der Waals surface area contributed by atoms with E-state index in [1.807, 2.05) is 30.5 Å². The summed E-state index contributed by atoms with van der Waals surface area (Å²) in [5.74, 6) is 0. The first-order valence-electron chi connectivity index (χ1n) is 5.63. The van der Waals surface area contributed by atoms with Gasteiger partial charge in [-0.15, -0.1) is 0 Å². The van der Waals surface area contributed by atoms with Gasteiger partial charge in [-0.1, -0.05) is 18.2 Å². The quantitative estimate of drug-likeness (QED) is 0.581. The van der Waals surface area contributed by atoms with E-state index in [-0.39, 0.29) is 0 Å². The molecular formula is C13H11BN2O2. The lowest BCUT2D eigenvalue weighted by atomic mass is 9.80. The molecule has 4 nitrogen and oxygen atoms in total. The topological polar surface area (TPSA) is 69.1 Å². The van der Waals surface area contributed by atoms with Gasteiger partial charge < -0.3 is 15.0 Å². The molecule has 0 atom stereocenters. The van der Waals surface area contributed by atoms with Gasteiger partial charge in [-0.05, 0) is 17.7 Å². The largest absolute Gasteiger partial charge is 0.490 e. The molecule has 18 heavy (non-hydrogen) atoms. The second-order valence-electron chi connectivity index (χ2n) is 4.13. The first-order valence-corrected chi connectivity index (χ1v) is 5.63. The number of hydrogen-bond acceptors (Lipinski definition) is 3. The number of rotatable bonds is 2. The Hall–Kier alpha value is -2.11. The lowest BCUT2D eigenvalue weighted by Gasteiger charge is -2.05. The molecule has 2 aromatic heterocycles.